The highest BCUT2D eigenvalue weighted by atomic mass is 32.2. The predicted molar refractivity (Wildman–Crippen MR) is 72.1 cm³/mol. The van der Waals surface area contributed by atoms with E-state index >= 15 is 0 Å². The van der Waals surface area contributed by atoms with Crippen LogP contribution in [0.1, 0.15) is 20.3 Å². The molecule has 0 aromatic carbocycles. The highest BCUT2D eigenvalue weighted by Crippen LogP contribution is 2.42. The predicted octanol–water partition coefficient (Wildman–Crippen LogP) is 1.66. The number of methoxy groups -OCH3 is 1. The standard InChI is InChI=1S/C13H17NO4S/c1-8(2)18-13(16)10-4-5-14-9(6-11(15)17-3)7-19-12(10)14/h6,8H,4-5,7H2,1-3H3/b9-6+. The van der Waals surface area contributed by atoms with Crippen LogP contribution in [0.5, 0.6) is 0 Å². The van der Waals surface area contributed by atoms with Gasteiger partial charge in [-0.2, -0.15) is 0 Å². The highest BCUT2D eigenvalue weighted by Gasteiger charge is 2.35. The fourth-order valence-corrected chi connectivity index (χ4v) is 3.29. The number of esters is 2. The third kappa shape index (κ3) is 2.94. The Bertz CT molecular complexity index is 467. The molecular weight excluding hydrogens is 266 g/mol. The summed E-state index contributed by atoms with van der Waals surface area (Å²) in [6.45, 7) is 4.38. The summed E-state index contributed by atoms with van der Waals surface area (Å²) in [6, 6.07) is 0. The van der Waals surface area contributed by atoms with Crippen LogP contribution >= 0.6 is 11.8 Å². The zero-order chi connectivity index (χ0) is 14.0. The first-order valence-corrected chi connectivity index (χ1v) is 7.14. The van der Waals surface area contributed by atoms with Crippen molar-refractivity contribution >= 4 is 23.7 Å². The smallest absolute Gasteiger partial charge is 0.336 e. The molecule has 0 atom stereocenters. The summed E-state index contributed by atoms with van der Waals surface area (Å²) in [5.41, 5.74) is 1.60. The maximum absolute atomic E-state index is 12.0. The number of hydrogen-bond donors (Lipinski definition) is 0. The minimum Gasteiger partial charge on any atom is -0.466 e. The lowest BCUT2D eigenvalue weighted by Gasteiger charge is -2.14. The van der Waals surface area contributed by atoms with E-state index < -0.39 is 0 Å². The molecule has 0 spiro atoms. The van der Waals surface area contributed by atoms with Crippen LogP contribution in [0, 0.1) is 0 Å². The average molecular weight is 283 g/mol. The van der Waals surface area contributed by atoms with Crippen molar-refractivity contribution in [2.45, 2.75) is 26.4 Å². The molecule has 2 aliphatic heterocycles. The van der Waals surface area contributed by atoms with Gasteiger partial charge < -0.3 is 14.4 Å². The first-order chi connectivity index (χ1) is 9.02. The fourth-order valence-electron chi connectivity index (χ4n) is 2.04. The van der Waals surface area contributed by atoms with Crippen LogP contribution in [0.15, 0.2) is 22.4 Å². The molecule has 0 radical (unpaired) electrons. The minimum absolute atomic E-state index is 0.119. The second-order valence-electron chi connectivity index (χ2n) is 4.59. The maximum Gasteiger partial charge on any atom is 0.336 e. The van der Waals surface area contributed by atoms with Gasteiger partial charge in [0, 0.05) is 30.5 Å². The van der Waals surface area contributed by atoms with Gasteiger partial charge in [0.25, 0.3) is 0 Å². The summed E-state index contributed by atoms with van der Waals surface area (Å²) >= 11 is 1.57. The van der Waals surface area contributed by atoms with E-state index in [0.717, 1.165) is 10.7 Å². The quantitative estimate of drug-likeness (QED) is 0.580. The van der Waals surface area contributed by atoms with Gasteiger partial charge in [-0.15, -0.1) is 11.8 Å². The van der Waals surface area contributed by atoms with Crippen molar-refractivity contribution in [3.63, 3.8) is 0 Å². The summed E-state index contributed by atoms with van der Waals surface area (Å²) in [6.07, 6.45) is 2.02. The minimum atomic E-state index is -0.366. The van der Waals surface area contributed by atoms with Gasteiger partial charge in [0.2, 0.25) is 0 Å². The number of hydrogen-bond acceptors (Lipinski definition) is 6. The molecule has 6 heteroatoms. The number of carbonyl (C=O) groups excluding carboxylic acids is 2. The van der Waals surface area contributed by atoms with Crippen LogP contribution in [0.4, 0.5) is 0 Å². The lowest BCUT2D eigenvalue weighted by Crippen LogP contribution is -2.14. The molecule has 5 nitrogen and oxygen atoms in total. The molecule has 2 rings (SSSR count). The number of ether oxygens (including phenoxy) is 2. The molecule has 0 bridgehead atoms. The van der Waals surface area contributed by atoms with Gasteiger partial charge in [0.05, 0.1) is 23.8 Å². The Morgan fingerprint density at radius 2 is 2.16 bits per heavy atom. The second kappa shape index (κ2) is 5.69. The lowest BCUT2D eigenvalue weighted by atomic mass is 10.2. The fraction of sp³-hybridized carbons (Fsp3) is 0.538. The van der Waals surface area contributed by atoms with E-state index in [0.29, 0.717) is 24.3 Å². The van der Waals surface area contributed by atoms with Crippen molar-refractivity contribution in [2.75, 3.05) is 19.4 Å². The zero-order valence-electron chi connectivity index (χ0n) is 11.3. The van der Waals surface area contributed by atoms with Gasteiger partial charge in [-0.05, 0) is 13.8 Å². The van der Waals surface area contributed by atoms with E-state index in [9.17, 15) is 9.59 Å². The topological polar surface area (TPSA) is 55.8 Å². The SMILES string of the molecule is COC(=O)/C=C1\CSC2=C(C(=O)OC(C)C)CCN21. The van der Waals surface area contributed by atoms with Crippen LogP contribution in [0.3, 0.4) is 0 Å². The highest BCUT2D eigenvalue weighted by molar-refractivity contribution is 8.03. The van der Waals surface area contributed by atoms with Crippen LogP contribution in [-0.2, 0) is 19.1 Å². The molecule has 0 N–H and O–H groups in total. The third-order valence-corrected chi connectivity index (χ3v) is 4.05. The Hall–Kier alpha value is -1.43. The van der Waals surface area contributed by atoms with E-state index in [1.165, 1.54) is 13.2 Å². The molecule has 0 aromatic rings. The van der Waals surface area contributed by atoms with Gasteiger partial charge in [0.15, 0.2) is 0 Å². The summed E-state index contributed by atoms with van der Waals surface area (Å²) in [5, 5.41) is 0.917. The van der Waals surface area contributed by atoms with E-state index in [1.807, 2.05) is 18.7 Å². The molecule has 2 heterocycles. The number of nitrogens with zero attached hydrogens (tertiary/aromatic N) is 1. The number of carbonyl (C=O) groups is 2. The molecule has 104 valence electrons. The van der Waals surface area contributed by atoms with Gasteiger partial charge in [0.1, 0.15) is 0 Å². The van der Waals surface area contributed by atoms with Gasteiger partial charge in [-0.25, -0.2) is 9.59 Å². The molecule has 0 unspecified atom stereocenters. The van der Waals surface area contributed by atoms with Crippen molar-refractivity contribution in [3.8, 4) is 0 Å². The summed E-state index contributed by atoms with van der Waals surface area (Å²) in [7, 11) is 1.35. The Kier molecular flexibility index (Phi) is 4.19. The van der Waals surface area contributed by atoms with Crippen molar-refractivity contribution in [1.29, 1.82) is 0 Å². The number of rotatable bonds is 3. The van der Waals surface area contributed by atoms with Crippen LogP contribution in [-0.4, -0.2) is 42.3 Å². The van der Waals surface area contributed by atoms with E-state index in [4.69, 9.17) is 4.74 Å². The molecule has 2 aliphatic rings. The van der Waals surface area contributed by atoms with E-state index in [1.54, 1.807) is 11.8 Å². The molecule has 1 saturated heterocycles. The number of thioether (sulfide) groups is 1. The number of fused-ring (bicyclic) bond motifs is 1. The molecule has 0 aliphatic carbocycles. The first-order valence-electron chi connectivity index (χ1n) is 6.16. The van der Waals surface area contributed by atoms with Gasteiger partial charge in [-0.3, -0.25) is 0 Å². The van der Waals surface area contributed by atoms with Crippen molar-refractivity contribution in [3.05, 3.63) is 22.4 Å². The third-order valence-electron chi connectivity index (χ3n) is 2.87. The average Bonchev–Trinajstić information content (AvgIpc) is 2.90. The zero-order valence-corrected chi connectivity index (χ0v) is 12.1. The van der Waals surface area contributed by atoms with Crippen LogP contribution in [0.25, 0.3) is 0 Å². The summed E-state index contributed by atoms with van der Waals surface area (Å²) in [4.78, 5) is 25.2. The molecule has 0 saturated carbocycles. The van der Waals surface area contributed by atoms with Gasteiger partial charge >= 0.3 is 11.9 Å². The van der Waals surface area contributed by atoms with Crippen molar-refractivity contribution < 1.29 is 19.1 Å². The first kappa shape index (κ1) is 14.0. The van der Waals surface area contributed by atoms with E-state index in [2.05, 4.69) is 4.74 Å². The Labute approximate surface area is 116 Å². The van der Waals surface area contributed by atoms with Crippen molar-refractivity contribution in [1.82, 2.24) is 4.90 Å². The second-order valence-corrected chi connectivity index (χ2v) is 5.55. The Balaban J connectivity index is 2.16. The van der Waals surface area contributed by atoms with Crippen LogP contribution < -0.4 is 0 Å². The molecular formula is C13H17NO4S. The normalized spacial score (nSPS) is 20.2. The maximum atomic E-state index is 12.0. The van der Waals surface area contributed by atoms with Crippen molar-refractivity contribution in [2.24, 2.45) is 0 Å². The lowest BCUT2D eigenvalue weighted by molar-refractivity contribution is -0.142. The van der Waals surface area contributed by atoms with Gasteiger partial charge in [-0.1, -0.05) is 0 Å². The largest absolute Gasteiger partial charge is 0.466 e. The molecule has 0 aromatic heterocycles. The summed E-state index contributed by atoms with van der Waals surface area (Å²) in [5.74, 6) is 0.0671. The Morgan fingerprint density at radius 1 is 1.42 bits per heavy atom. The summed E-state index contributed by atoms with van der Waals surface area (Å²) < 4.78 is 9.86. The van der Waals surface area contributed by atoms with Crippen LogP contribution in [0.2, 0.25) is 0 Å². The molecule has 1 fully saturated rings. The van der Waals surface area contributed by atoms with E-state index in [-0.39, 0.29) is 18.0 Å². The molecule has 19 heavy (non-hydrogen) atoms. The molecule has 0 amide bonds. The Morgan fingerprint density at radius 3 is 2.79 bits per heavy atom. The monoisotopic (exact) mass is 283 g/mol.